The van der Waals surface area contributed by atoms with Crippen LogP contribution in [0.15, 0.2) is 20.4 Å². The van der Waals surface area contributed by atoms with Crippen molar-refractivity contribution in [1.82, 2.24) is 0 Å². The Morgan fingerprint density at radius 3 is 1.33 bits per heavy atom. The molecule has 18 heavy (non-hydrogen) atoms. The van der Waals surface area contributed by atoms with Crippen LogP contribution in [0.3, 0.4) is 0 Å². The van der Waals surface area contributed by atoms with Gasteiger partial charge in [0.1, 0.15) is 9.98 Å². The monoisotopic (exact) mass is 352 g/mol. The molecule has 0 radical (unpaired) electrons. The number of rotatable bonds is 3. The van der Waals surface area contributed by atoms with Gasteiger partial charge < -0.3 is 11.5 Å². The van der Waals surface area contributed by atoms with Crippen molar-refractivity contribution in [3.8, 4) is 0 Å². The summed E-state index contributed by atoms with van der Waals surface area (Å²) >= 11 is 9.62. The van der Waals surface area contributed by atoms with E-state index in [4.69, 9.17) is 35.9 Å². The molecule has 2 rings (SSSR count). The van der Waals surface area contributed by atoms with E-state index in [1.165, 1.54) is 43.2 Å². The molecule has 0 atom stereocenters. The predicted octanol–water partition coefficient (Wildman–Crippen LogP) is 1.77. The molecule has 0 saturated carbocycles. The molecule has 0 amide bonds. The highest BCUT2D eigenvalue weighted by atomic mass is 33.1. The van der Waals surface area contributed by atoms with Gasteiger partial charge in [-0.2, -0.15) is 0 Å². The Bertz CT molecular complexity index is 485. The van der Waals surface area contributed by atoms with Gasteiger partial charge in [-0.25, -0.2) is 0 Å². The Morgan fingerprint density at radius 2 is 1.11 bits per heavy atom. The SMILES string of the molecule is NC(=S)C1=NN=C(C2=NN=C(C(N)=S)SS2)SS1. The van der Waals surface area contributed by atoms with Gasteiger partial charge in [-0.3, -0.25) is 0 Å². The molecule has 0 unspecified atom stereocenters. The third kappa shape index (κ3) is 3.45. The van der Waals surface area contributed by atoms with Gasteiger partial charge in [0, 0.05) is 0 Å². The predicted molar refractivity (Wildman–Crippen MR) is 93.7 cm³/mol. The highest BCUT2D eigenvalue weighted by Crippen LogP contribution is 2.37. The van der Waals surface area contributed by atoms with Crippen LogP contribution in [0.5, 0.6) is 0 Å². The summed E-state index contributed by atoms with van der Waals surface area (Å²) in [7, 11) is 5.47. The van der Waals surface area contributed by atoms with Crippen LogP contribution in [0.2, 0.25) is 0 Å². The third-order valence-corrected chi connectivity index (χ3v) is 6.59. The van der Waals surface area contributed by atoms with Crippen LogP contribution in [0, 0.1) is 0 Å². The highest BCUT2D eigenvalue weighted by Gasteiger charge is 2.22. The second-order valence-corrected chi connectivity index (χ2v) is 7.78. The van der Waals surface area contributed by atoms with Crippen molar-refractivity contribution in [2.24, 2.45) is 31.9 Å². The van der Waals surface area contributed by atoms with E-state index in [2.05, 4.69) is 20.4 Å². The van der Waals surface area contributed by atoms with Gasteiger partial charge in [0.2, 0.25) is 0 Å². The maximum atomic E-state index is 5.45. The van der Waals surface area contributed by atoms with Crippen LogP contribution in [0.4, 0.5) is 0 Å². The highest BCUT2D eigenvalue weighted by molar-refractivity contribution is 8.92. The minimum Gasteiger partial charge on any atom is -0.388 e. The van der Waals surface area contributed by atoms with E-state index in [1.54, 1.807) is 0 Å². The largest absolute Gasteiger partial charge is 0.388 e. The molecule has 0 aromatic carbocycles. The van der Waals surface area contributed by atoms with Crippen molar-refractivity contribution >= 4 is 97.8 Å². The number of nitrogens with zero attached hydrogens (tertiary/aromatic N) is 4. The molecule has 0 aromatic heterocycles. The lowest BCUT2D eigenvalue weighted by atomic mass is 10.7. The Kier molecular flexibility index (Phi) is 5.03. The summed E-state index contributed by atoms with van der Waals surface area (Å²) in [6.07, 6.45) is 0. The fourth-order valence-corrected chi connectivity index (χ4v) is 5.32. The van der Waals surface area contributed by atoms with E-state index in [0.717, 1.165) is 0 Å². The molecule has 0 aliphatic carbocycles. The van der Waals surface area contributed by atoms with Crippen molar-refractivity contribution in [1.29, 1.82) is 0 Å². The van der Waals surface area contributed by atoms with E-state index in [-0.39, 0.29) is 9.98 Å². The van der Waals surface area contributed by atoms with Crippen LogP contribution < -0.4 is 11.5 Å². The zero-order valence-corrected chi connectivity index (χ0v) is 13.3. The first-order valence-corrected chi connectivity index (χ1v) is 9.30. The number of hydrogen-bond donors (Lipinski definition) is 2. The third-order valence-electron chi connectivity index (χ3n) is 1.47. The van der Waals surface area contributed by atoms with Crippen LogP contribution >= 0.6 is 67.6 Å². The van der Waals surface area contributed by atoms with Gasteiger partial charge in [-0.05, 0) is 43.2 Å². The van der Waals surface area contributed by atoms with Crippen LogP contribution in [0.25, 0.3) is 0 Å². The number of nitrogens with two attached hydrogens (primary N) is 2. The van der Waals surface area contributed by atoms with Gasteiger partial charge >= 0.3 is 0 Å². The summed E-state index contributed by atoms with van der Waals surface area (Å²) in [6, 6.07) is 0. The van der Waals surface area contributed by atoms with Gasteiger partial charge in [-0.15, -0.1) is 20.4 Å². The molecule has 2 aliphatic rings. The first-order valence-electron chi connectivity index (χ1n) is 4.18. The minimum atomic E-state index is 0.233. The summed E-state index contributed by atoms with van der Waals surface area (Å²) < 4.78 is 0. The van der Waals surface area contributed by atoms with E-state index in [9.17, 15) is 0 Å². The molecule has 0 spiro atoms. The first kappa shape index (κ1) is 14.3. The molecule has 4 N–H and O–H groups in total. The molecule has 6 nitrogen and oxygen atoms in total. The average molecular weight is 353 g/mol. The summed E-state index contributed by atoms with van der Waals surface area (Å²) in [5.74, 6) is 0. The Labute approximate surface area is 129 Å². The molecule has 12 heteroatoms. The normalized spacial score (nSPS) is 19.3. The lowest BCUT2D eigenvalue weighted by molar-refractivity contribution is 1.25. The molecule has 0 aromatic rings. The Morgan fingerprint density at radius 1 is 0.722 bits per heavy atom. The smallest absolute Gasteiger partial charge is 0.165 e. The summed E-state index contributed by atoms with van der Waals surface area (Å²) in [5, 5.41) is 18.2. The van der Waals surface area contributed by atoms with Gasteiger partial charge in [0.05, 0.1) is 0 Å². The topological polar surface area (TPSA) is 101 Å². The number of thiocarbonyl (C=S) groups is 2. The van der Waals surface area contributed by atoms with Crippen LogP contribution in [-0.2, 0) is 0 Å². The Balaban J connectivity index is 2.16. The fraction of sp³-hybridized carbons (Fsp3) is 0. The average Bonchev–Trinajstić information content (AvgIpc) is 2.39. The zero-order valence-electron chi connectivity index (χ0n) is 8.39. The van der Waals surface area contributed by atoms with E-state index >= 15 is 0 Å². The minimum absolute atomic E-state index is 0.233. The molecule has 0 bridgehead atoms. The maximum Gasteiger partial charge on any atom is 0.165 e. The molecule has 0 saturated heterocycles. The lowest BCUT2D eigenvalue weighted by Crippen LogP contribution is -2.21. The standard InChI is InChI=1S/C6H4N6S6/c7-1(13)3-9-11-5(17-15-3)6-12-10-4(2(8)14)16-18-6/h(H2,7,13)(H2,8,14). The molecular formula is C6H4N6S6. The fourth-order valence-electron chi connectivity index (χ4n) is 0.744. The maximum absolute atomic E-state index is 5.45. The van der Waals surface area contributed by atoms with Gasteiger partial charge in [0.15, 0.2) is 20.2 Å². The van der Waals surface area contributed by atoms with Crippen molar-refractivity contribution in [2.45, 2.75) is 0 Å². The van der Waals surface area contributed by atoms with Crippen molar-refractivity contribution in [2.75, 3.05) is 0 Å². The van der Waals surface area contributed by atoms with Gasteiger partial charge in [0.25, 0.3) is 0 Å². The van der Waals surface area contributed by atoms with Crippen molar-refractivity contribution in [3.63, 3.8) is 0 Å². The van der Waals surface area contributed by atoms with Crippen LogP contribution in [0.1, 0.15) is 0 Å². The van der Waals surface area contributed by atoms with Crippen LogP contribution in [-0.4, -0.2) is 30.2 Å². The second kappa shape index (κ2) is 6.34. The van der Waals surface area contributed by atoms with E-state index < -0.39 is 0 Å². The summed E-state index contributed by atoms with van der Waals surface area (Å²) in [4.78, 5) is 0.466. The molecule has 2 aliphatic heterocycles. The molecule has 94 valence electrons. The van der Waals surface area contributed by atoms with Gasteiger partial charge in [-0.1, -0.05) is 24.4 Å². The van der Waals surface area contributed by atoms with E-state index in [0.29, 0.717) is 20.2 Å². The van der Waals surface area contributed by atoms with Crippen molar-refractivity contribution in [3.05, 3.63) is 0 Å². The zero-order chi connectivity index (χ0) is 13.1. The Hall–Kier alpha value is -0.140. The first-order chi connectivity index (χ1) is 8.58. The summed E-state index contributed by atoms with van der Waals surface area (Å²) in [6.45, 7) is 0. The second-order valence-electron chi connectivity index (χ2n) is 2.68. The quantitative estimate of drug-likeness (QED) is 0.585. The number of hydrogen-bond acceptors (Lipinski definition) is 10. The van der Waals surface area contributed by atoms with E-state index in [1.807, 2.05) is 0 Å². The van der Waals surface area contributed by atoms with Crippen molar-refractivity contribution < 1.29 is 0 Å². The summed E-state index contributed by atoms with van der Waals surface area (Å²) in [5.41, 5.74) is 10.9. The molecule has 0 fully saturated rings. The lowest BCUT2D eigenvalue weighted by Gasteiger charge is -2.12. The molecular weight excluding hydrogens is 349 g/mol. The molecule has 2 heterocycles.